The van der Waals surface area contributed by atoms with Crippen LogP contribution in [0.15, 0.2) is 43.2 Å². The Morgan fingerprint density at radius 3 is 1.03 bits per heavy atom. The van der Waals surface area contributed by atoms with Gasteiger partial charge in [-0.1, -0.05) is 0 Å². The van der Waals surface area contributed by atoms with Crippen LogP contribution in [0.25, 0.3) is 0 Å². The van der Waals surface area contributed by atoms with Crippen molar-refractivity contribution in [2.45, 2.75) is 57.3 Å². The zero-order valence-electron chi connectivity index (χ0n) is 38.7. The van der Waals surface area contributed by atoms with Crippen molar-refractivity contribution in [1.29, 1.82) is 0 Å². The molecular weight excluding hydrogens is 1020 g/mol. The molecule has 31 nitrogen and oxygen atoms in total. The molecule has 0 unspecified atom stereocenters. The first-order valence-corrected chi connectivity index (χ1v) is 25.4. The van der Waals surface area contributed by atoms with Crippen molar-refractivity contribution in [2.24, 2.45) is 0 Å². The van der Waals surface area contributed by atoms with E-state index < -0.39 is 75.0 Å². The predicted octanol–water partition coefficient (Wildman–Crippen LogP) is -6.81. The van der Waals surface area contributed by atoms with Crippen molar-refractivity contribution < 1.29 is 43.3 Å². The molecule has 0 aliphatic carbocycles. The maximum absolute atomic E-state index is 13.1. The van der Waals surface area contributed by atoms with Crippen molar-refractivity contribution in [3.05, 3.63) is 94.4 Å². The van der Waals surface area contributed by atoms with E-state index in [1.165, 1.54) is 0 Å². The quantitative estimate of drug-likeness (QED) is 0.0239. The summed E-state index contributed by atoms with van der Waals surface area (Å²) in [6.45, 7) is 0.00926. The van der Waals surface area contributed by atoms with Crippen LogP contribution < -0.4 is 72.5 Å². The van der Waals surface area contributed by atoms with E-state index in [0.717, 1.165) is 49.0 Å². The number of amides is 4. The number of H-pyrrole nitrogens is 6. The van der Waals surface area contributed by atoms with Crippen LogP contribution in [-0.4, -0.2) is 178 Å². The lowest BCUT2D eigenvalue weighted by Crippen LogP contribution is -2.58. The van der Waals surface area contributed by atoms with Crippen LogP contribution in [0.2, 0.25) is 0 Å². The molecule has 3 aromatic heterocycles. The van der Waals surface area contributed by atoms with Crippen LogP contribution in [0.4, 0.5) is 0 Å². The maximum Gasteiger partial charge on any atom is 0.333 e. The third kappa shape index (κ3) is 23.6. The Morgan fingerprint density at radius 2 is 0.750 bits per heavy atom. The minimum absolute atomic E-state index is 0.000769. The summed E-state index contributed by atoms with van der Waals surface area (Å²) < 4.78 is 20.2. The first-order chi connectivity index (χ1) is 34.4. The van der Waals surface area contributed by atoms with Gasteiger partial charge in [-0.05, 0) is 19.3 Å². The molecule has 0 saturated carbocycles. The lowest BCUT2D eigenvalue weighted by molar-refractivity contribution is -0.139. The first-order valence-electron chi connectivity index (χ1n) is 22.0. The number of aliphatic carboxylic acids is 1. The lowest BCUT2D eigenvalue weighted by atomic mass is 10.0. The van der Waals surface area contributed by atoms with Gasteiger partial charge in [0, 0.05) is 82.8 Å². The number of carbonyl (C=O) groups excluding carboxylic acids is 4. The fourth-order valence-electron chi connectivity index (χ4n) is 5.90. The highest BCUT2D eigenvalue weighted by molar-refractivity contribution is 8.00. The normalized spacial score (nSPS) is 11.3. The molecule has 72 heavy (non-hydrogen) atoms. The highest BCUT2D eigenvalue weighted by atomic mass is 32.2. The fraction of sp³-hybridized carbons (Fsp3) is 0.632. The molecule has 3 rings (SSSR count). The van der Waals surface area contributed by atoms with E-state index in [1.54, 1.807) is 0 Å². The zero-order valence-corrected chi connectivity index (χ0v) is 41.2. The molecule has 0 saturated heterocycles. The average Bonchev–Trinajstić information content (AvgIpc) is 3.30. The lowest BCUT2D eigenvalue weighted by Gasteiger charge is -2.34. The molecule has 3 heterocycles. The topological polar surface area (TPSA) is 445 Å². The Morgan fingerprint density at radius 1 is 0.458 bits per heavy atom. The Hall–Kier alpha value is -6.49. The van der Waals surface area contributed by atoms with Crippen LogP contribution in [0.3, 0.4) is 0 Å². The van der Waals surface area contributed by atoms with Gasteiger partial charge in [0.15, 0.2) is 0 Å². The Labute approximate surface area is 417 Å². The van der Waals surface area contributed by atoms with Crippen molar-refractivity contribution in [1.82, 2.24) is 64.9 Å². The number of nitrogens with zero attached hydrogens (tertiary/aromatic N) is 3. The van der Waals surface area contributed by atoms with E-state index in [1.807, 2.05) is 29.9 Å². The molecule has 0 aliphatic rings. The van der Waals surface area contributed by atoms with Crippen LogP contribution >= 0.6 is 35.3 Å². The van der Waals surface area contributed by atoms with E-state index in [-0.39, 0.29) is 138 Å². The predicted molar refractivity (Wildman–Crippen MR) is 261 cm³/mol. The number of hydrogen-bond acceptors (Lipinski definition) is 20. The molecule has 4 amide bonds. The standard InChI is InChI=1S/C38H57N13O18S3/c52-24(4-5-28(56)57)48-38(21-67-12-1-6-39-25(53)18-70-15-9-49-32(61)42-29(58)43-33(49)62,22-68-13-2-7-40-26(54)19-71-16-10-50-34(63)44-30(59)45-35(50)64)23-69-14-3-8-41-27(55)20-72-17-11-51-36(65)46-31(60)47-37(51)66/h1-23H2,(H,39,53)(H,40,54)(H,41,55)(H,48,52)(H,56,57)(H2,42,43,58,61,62)(H2,44,45,59,63,64)(H2,46,47,60,65,66). The summed E-state index contributed by atoms with van der Waals surface area (Å²) in [7, 11) is 0. The monoisotopic (exact) mass is 1080 g/mol. The van der Waals surface area contributed by atoms with E-state index >= 15 is 0 Å². The van der Waals surface area contributed by atoms with Gasteiger partial charge < -0.3 is 40.6 Å². The summed E-state index contributed by atoms with van der Waals surface area (Å²) in [6.07, 6.45) is 0.0765. The van der Waals surface area contributed by atoms with Crippen LogP contribution in [0, 0.1) is 0 Å². The molecule has 0 aliphatic heterocycles. The Bertz CT molecular complexity index is 2440. The fourth-order valence-corrected chi connectivity index (χ4v) is 8.13. The number of ether oxygens (including phenoxy) is 3. The molecule has 11 N–H and O–H groups in total. The van der Waals surface area contributed by atoms with E-state index in [4.69, 9.17) is 14.2 Å². The number of rotatable bonds is 37. The van der Waals surface area contributed by atoms with Crippen molar-refractivity contribution >= 4 is 64.9 Å². The molecule has 34 heteroatoms. The second kappa shape index (κ2) is 32.5. The van der Waals surface area contributed by atoms with Gasteiger partial charge in [-0.3, -0.25) is 53.9 Å². The molecule has 0 radical (unpaired) electrons. The summed E-state index contributed by atoms with van der Waals surface area (Å²) in [6, 6.07) is 0. The smallest absolute Gasteiger partial charge is 0.333 e. The summed E-state index contributed by atoms with van der Waals surface area (Å²) in [4.78, 5) is 178. The summed E-state index contributed by atoms with van der Waals surface area (Å²) in [5.74, 6) is -2.23. The van der Waals surface area contributed by atoms with E-state index in [2.05, 4.69) is 21.3 Å². The number of thioether (sulfide) groups is 3. The molecule has 0 aromatic carbocycles. The maximum atomic E-state index is 13.1. The minimum Gasteiger partial charge on any atom is -0.481 e. The minimum atomic E-state index is -1.38. The van der Waals surface area contributed by atoms with E-state index in [9.17, 15) is 72.2 Å². The van der Waals surface area contributed by atoms with Gasteiger partial charge >= 0.3 is 57.2 Å². The van der Waals surface area contributed by atoms with Crippen molar-refractivity contribution in [3.63, 3.8) is 0 Å². The third-order valence-corrected chi connectivity index (χ3v) is 12.2. The zero-order chi connectivity index (χ0) is 52.9. The molecule has 0 bridgehead atoms. The van der Waals surface area contributed by atoms with Gasteiger partial charge in [0.25, 0.3) is 0 Å². The number of hydrogen-bond donors (Lipinski definition) is 11. The number of nitrogens with one attached hydrogen (secondary N) is 10. The first kappa shape index (κ1) is 59.8. The number of aromatic nitrogens is 9. The largest absolute Gasteiger partial charge is 0.481 e. The van der Waals surface area contributed by atoms with Crippen LogP contribution in [0.1, 0.15) is 32.1 Å². The van der Waals surface area contributed by atoms with Gasteiger partial charge in [0.05, 0.1) is 43.5 Å². The third-order valence-electron chi connectivity index (χ3n) is 9.34. The summed E-state index contributed by atoms with van der Waals surface area (Å²) >= 11 is 3.44. The average molecular weight is 1080 g/mol. The Balaban J connectivity index is 1.50. The molecule has 0 fully saturated rings. The number of carboxylic acid groups (broad SMARTS) is 1. The molecule has 400 valence electrons. The van der Waals surface area contributed by atoms with Crippen molar-refractivity contribution in [3.8, 4) is 0 Å². The second-order valence-corrected chi connectivity index (χ2v) is 18.5. The van der Waals surface area contributed by atoms with Crippen LogP contribution in [-0.2, 0) is 57.8 Å². The molecule has 0 spiro atoms. The number of carboxylic acids is 1. The van der Waals surface area contributed by atoms with E-state index in [0.29, 0.717) is 19.3 Å². The molecule has 3 aromatic rings. The molecular formula is C38H57N13O18S3. The molecule has 0 atom stereocenters. The Kier molecular flexibility index (Phi) is 27.0. The number of carbonyl (C=O) groups is 5. The highest BCUT2D eigenvalue weighted by Crippen LogP contribution is 2.12. The van der Waals surface area contributed by atoms with Gasteiger partial charge in [-0.25, -0.2) is 56.9 Å². The summed E-state index contributed by atoms with van der Waals surface area (Å²) in [5, 5.41) is 20.1. The number of aromatic amines is 6. The van der Waals surface area contributed by atoms with Crippen LogP contribution in [0.5, 0.6) is 0 Å². The SMILES string of the molecule is O=C(O)CCC(=O)NC(COCCCNC(=O)CSCCn1c(=O)[nH]c(=O)[nH]c1=O)(COCCCNC(=O)CSCCn1c(=O)[nH]c(=O)[nH]c1=O)COCCCNC(=O)CSCCn1c(=O)[nH]c(=O)[nH]c1=O. The van der Waals surface area contributed by atoms with Gasteiger partial charge in [-0.15, -0.1) is 0 Å². The van der Waals surface area contributed by atoms with Gasteiger partial charge in [0.2, 0.25) is 23.6 Å². The summed E-state index contributed by atoms with van der Waals surface area (Å²) in [5.41, 5.74) is -9.42. The second-order valence-electron chi connectivity index (χ2n) is 15.2. The van der Waals surface area contributed by atoms with Gasteiger partial charge in [0.1, 0.15) is 5.54 Å². The highest BCUT2D eigenvalue weighted by Gasteiger charge is 2.34. The van der Waals surface area contributed by atoms with Gasteiger partial charge in [-0.2, -0.15) is 35.3 Å². The van der Waals surface area contributed by atoms with Crippen molar-refractivity contribution in [2.75, 3.05) is 93.8 Å².